The molecule has 86 valence electrons. The molecule has 1 amide bonds. The molecule has 0 unspecified atom stereocenters. The molecule has 5 heteroatoms. The zero-order chi connectivity index (χ0) is 11.9. The molecule has 0 atom stereocenters. The molecule has 2 rings (SSSR count). The third kappa shape index (κ3) is 1.43. The van der Waals surface area contributed by atoms with Crippen LogP contribution in [0.3, 0.4) is 0 Å². The van der Waals surface area contributed by atoms with E-state index in [1.807, 2.05) is 6.20 Å². The second-order valence-corrected chi connectivity index (χ2v) is 4.47. The topological polar surface area (TPSA) is 57.1 Å². The van der Waals surface area contributed by atoms with E-state index in [1.165, 1.54) is 6.92 Å². The van der Waals surface area contributed by atoms with E-state index < -0.39 is 0 Å². The highest BCUT2D eigenvalue weighted by Crippen LogP contribution is 2.32. The van der Waals surface area contributed by atoms with Crippen LogP contribution in [0.1, 0.15) is 27.7 Å². The van der Waals surface area contributed by atoms with Crippen molar-refractivity contribution < 1.29 is 4.79 Å². The average Bonchev–Trinajstić information content (AvgIpc) is 2.66. The average molecular weight is 220 g/mol. The van der Waals surface area contributed by atoms with Crippen molar-refractivity contribution in [2.24, 2.45) is 10.2 Å². The van der Waals surface area contributed by atoms with Crippen LogP contribution in [0.4, 0.5) is 0 Å². The largest absolute Gasteiger partial charge is 0.366 e. The minimum Gasteiger partial charge on any atom is -0.366 e. The fraction of sp³-hybridized carbons (Fsp3) is 0.545. The third-order valence-corrected chi connectivity index (χ3v) is 2.98. The number of carbonyl (C=O) groups is 1. The molecule has 1 N–H and O–H groups in total. The van der Waals surface area contributed by atoms with Crippen molar-refractivity contribution in [3.8, 4) is 0 Å². The van der Waals surface area contributed by atoms with Crippen molar-refractivity contribution in [1.82, 2.24) is 10.2 Å². The Morgan fingerprint density at radius 2 is 2.19 bits per heavy atom. The highest BCUT2D eigenvalue weighted by molar-refractivity contribution is 6.31. The molecule has 0 aromatic carbocycles. The molecule has 5 nitrogen and oxygen atoms in total. The molecule has 2 aliphatic heterocycles. The van der Waals surface area contributed by atoms with Gasteiger partial charge in [0, 0.05) is 19.7 Å². The lowest BCUT2D eigenvalue weighted by molar-refractivity contribution is -0.117. The number of amides is 1. The Morgan fingerprint density at radius 1 is 1.50 bits per heavy atom. The van der Waals surface area contributed by atoms with Gasteiger partial charge in [0.05, 0.1) is 11.1 Å². The van der Waals surface area contributed by atoms with Crippen LogP contribution >= 0.6 is 0 Å². The molecule has 0 aromatic heterocycles. The van der Waals surface area contributed by atoms with E-state index in [1.54, 1.807) is 0 Å². The first-order chi connectivity index (χ1) is 7.46. The van der Waals surface area contributed by atoms with Gasteiger partial charge in [-0.2, -0.15) is 5.10 Å². The number of amidine groups is 1. The summed E-state index contributed by atoms with van der Waals surface area (Å²) in [6.07, 6.45) is 2.01. The van der Waals surface area contributed by atoms with E-state index in [0.717, 1.165) is 17.8 Å². The Balaban J connectivity index is 2.29. The van der Waals surface area contributed by atoms with Gasteiger partial charge in [0.2, 0.25) is 5.91 Å². The molecule has 0 saturated carbocycles. The maximum absolute atomic E-state index is 11.0. The summed E-state index contributed by atoms with van der Waals surface area (Å²) in [5, 5.41) is 10.9. The Labute approximate surface area is 94.9 Å². The van der Waals surface area contributed by atoms with Crippen molar-refractivity contribution in [2.45, 2.75) is 33.2 Å². The number of hydrogen-bond donors (Lipinski definition) is 1. The summed E-state index contributed by atoms with van der Waals surface area (Å²) >= 11 is 0. The Bertz CT molecular complexity index is 431. The summed E-state index contributed by atoms with van der Waals surface area (Å²) in [5.74, 6) is 0.440. The van der Waals surface area contributed by atoms with E-state index in [9.17, 15) is 4.79 Å². The van der Waals surface area contributed by atoms with Gasteiger partial charge in [-0.1, -0.05) is 0 Å². The smallest absolute Gasteiger partial charge is 0.222 e. The number of hydrogen-bond acceptors (Lipinski definition) is 4. The van der Waals surface area contributed by atoms with Crippen LogP contribution in [-0.4, -0.2) is 34.4 Å². The van der Waals surface area contributed by atoms with Gasteiger partial charge < -0.3 is 10.2 Å². The monoisotopic (exact) mass is 220 g/mol. The summed E-state index contributed by atoms with van der Waals surface area (Å²) in [4.78, 5) is 13.2. The van der Waals surface area contributed by atoms with Crippen molar-refractivity contribution in [3.05, 3.63) is 11.8 Å². The Kier molecular flexibility index (Phi) is 2.33. The molecule has 0 radical (unpaired) electrons. The quantitative estimate of drug-likeness (QED) is 0.713. The van der Waals surface area contributed by atoms with Crippen molar-refractivity contribution in [2.75, 3.05) is 6.54 Å². The SMILES string of the molecule is CCN1C=C2C(NC(C)=O)=NN=C2C1(C)C. The summed E-state index contributed by atoms with van der Waals surface area (Å²) in [6.45, 7) is 8.67. The summed E-state index contributed by atoms with van der Waals surface area (Å²) in [5.41, 5.74) is 1.72. The number of nitrogens with zero attached hydrogens (tertiary/aromatic N) is 3. The highest BCUT2D eigenvalue weighted by atomic mass is 16.1. The first-order valence-corrected chi connectivity index (χ1v) is 5.40. The molecule has 2 aliphatic rings. The fourth-order valence-electron chi connectivity index (χ4n) is 2.09. The lowest BCUT2D eigenvalue weighted by Gasteiger charge is -2.31. The van der Waals surface area contributed by atoms with E-state index in [-0.39, 0.29) is 11.4 Å². The molecule has 0 bridgehead atoms. The standard InChI is InChI=1S/C11H16N4O/c1-5-15-6-8-9(11(15,3)4)13-14-10(8)12-7(2)16/h6H,5H2,1-4H3,(H,12,14,16). The maximum Gasteiger partial charge on any atom is 0.222 e. The molecule has 16 heavy (non-hydrogen) atoms. The normalized spacial score (nSPS) is 21.2. The molecule has 0 spiro atoms. The molecule has 2 heterocycles. The number of rotatable bonds is 1. The van der Waals surface area contributed by atoms with Crippen LogP contribution in [0.25, 0.3) is 0 Å². The zero-order valence-corrected chi connectivity index (χ0v) is 10.0. The molecule has 0 aliphatic carbocycles. The first kappa shape index (κ1) is 10.9. The Morgan fingerprint density at radius 3 is 2.75 bits per heavy atom. The van der Waals surface area contributed by atoms with Crippen LogP contribution in [0.15, 0.2) is 22.0 Å². The van der Waals surface area contributed by atoms with Gasteiger partial charge in [0.1, 0.15) is 5.71 Å². The van der Waals surface area contributed by atoms with Gasteiger partial charge >= 0.3 is 0 Å². The second kappa shape index (κ2) is 3.43. The lowest BCUT2D eigenvalue weighted by atomic mass is 9.95. The molecule has 0 fully saturated rings. The van der Waals surface area contributed by atoms with Gasteiger partial charge in [-0.05, 0) is 20.8 Å². The van der Waals surface area contributed by atoms with Gasteiger partial charge in [-0.3, -0.25) is 4.79 Å². The van der Waals surface area contributed by atoms with Crippen LogP contribution in [0.2, 0.25) is 0 Å². The van der Waals surface area contributed by atoms with Crippen LogP contribution in [-0.2, 0) is 4.79 Å². The predicted molar refractivity (Wildman–Crippen MR) is 63.2 cm³/mol. The molecular weight excluding hydrogens is 204 g/mol. The van der Waals surface area contributed by atoms with E-state index in [2.05, 4.69) is 41.2 Å². The fourth-order valence-corrected chi connectivity index (χ4v) is 2.09. The summed E-state index contributed by atoms with van der Waals surface area (Å²) < 4.78 is 0. The molecule has 0 aromatic rings. The van der Waals surface area contributed by atoms with Gasteiger partial charge in [0.25, 0.3) is 0 Å². The van der Waals surface area contributed by atoms with Gasteiger partial charge in [0.15, 0.2) is 5.84 Å². The van der Waals surface area contributed by atoms with Crippen LogP contribution < -0.4 is 5.32 Å². The van der Waals surface area contributed by atoms with Crippen molar-refractivity contribution in [3.63, 3.8) is 0 Å². The molecular formula is C11H16N4O. The van der Waals surface area contributed by atoms with Crippen molar-refractivity contribution >= 4 is 17.5 Å². The molecule has 0 saturated heterocycles. The maximum atomic E-state index is 11.0. The number of carbonyl (C=O) groups excluding carboxylic acids is 1. The zero-order valence-electron chi connectivity index (χ0n) is 10.0. The second-order valence-electron chi connectivity index (χ2n) is 4.47. The first-order valence-electron chi connectivity index (χ1n) is 5.40. The minimum absolute atomic E-state index is 0.121. The lowest BCUT2D eigenvalue weighted by Crippen LogP contribution is -2.42. The van der Waals surface area contributed by atoms with Crippen LogP contribution in [0.5, 0.6) is 0 Å². The minimum atomic E-state index is -0.145. The Hall–Kier alpha value is -1.65. The van der Waals surface area contributed by atoms with E-state index in [0.29, 0.717) is 5.84 Å². The predicted octanol–water partition coefficient (Wildman–Crippen LogP) is 0.889. The van der Waals surface area contributed by atoms with E-state index in [4.69, 9.17) is 0 Å². The van der Waals surface area contributed by atoms with Crippen molar-refractivity contribution in [1.29, 1.82) is 0 Å². The highest BCUT2D eigenvalue weighted by Gasteiger charge is 2.42. The van der Waals surface area contributed by atoms with Gasteiger partial charge in [-0.25, -0.2) is 0 Å². The number of nitrogens with one attached hydrogen (secondary N) is 1. The van der Waals surface area contributed by atoms with E-state index >= 15 is 0 Å². The van der Waals surface area contributed by atoms with Gasteiger partial charge in [-0.15, -0.1) is 5.10 Å². The summed E-state index contributed by atoms with van der Waals surface area (Å²) in [6, 6.07) is 0. The third-order valence-electron chi connectivity index (χ3n) is 2.98. The summed E-state index contributed by atoms with van der Waals surface area (Å²) in [7, 11) is 0. The number of fused-ring (bicyclic) bond motifs is 1. The van der Waals surface area contributed by atoms with Crippen LogP contribution in [0, 0.1) is 0 Å².